The van der Waals surface area contributed by atoms with E-state index in [-0.39, 0.29) is 0 Å². The van der Waals surface area contributed by atoms with Crippen molar-refractivity contribution in [3.8, 4) is 12.3 Å². The number of hydrogen-bond donors (Lipinski definition) is 0. The molecule has 1 aromatic rings. The Kier molecular flexibility index (Phi) is 1.83. The third-order valence-electron chi connectivity index (χ3n) is 2.37. The van der Waals surface area contributed by atoms with Crippen LogP contribution >= 0.6 is 0 Å². The van der Waals surface area contributed by atoms with Crippen LogP contribution in [-0.4, -0.2) is 4.98 Å². The summed E-state index contributed by atoms with van der Waals surface area (Å²) >= 11 is 0. The quantitative estimate of drug-likeness (QED) is 0.524. The van der Waals surface area contributed by atoms with Crippen molar-refractivity contribution in [2.45, 2.75) is 25.7 Å². The van der Waals surface area contributed by atoms with Gasteiger partial charge in [-0.3, -0.25) is 0 Å². The van der Waals surface area contributed by atoms with Crippen LogP contribution in [0, 0.1) is 12.3 Å². The van der Waals surface area contributed by atoms with Crippen molar-refractivity contribution in [1.29, 1.82) is 0 Å². The number of terminal acetylenes is 1. The smallest absolute Gasteiger partial charge is 0.113 e. The maximum absolute atomic E-state index is 5.27. The zero-order chi connectivity index (χ0) is 8.39. The highest BCUT2D eigenvalue weighted by Crippen LogP contribution is 2.20. The minimum absolute atomic E-state index is 0.774. The van der Waals surface area contributed by atoms with Crippen LogP contribution in [0.2, 0.25) is 0 Å². The first-order valence-corrected chi connectivity index (χ1v) is 4.34. The van der Waals surface area contributed by atoms with Crippen molar-refractivity contribution in [3.05, 3.63) is 29.1 Å². The molecule has 0 saturated heterocycles. The topological polar surface area (TPSA) is 12.9 Å². The minimum Gasteiger partial charge on any atom is -0.248 e. The van der Waals surface area contributed by atoms with Gasteiger partial charge in [0.25, 0.3) is 0 Å². The molecule has 1 heterocycles. The lowest BCUT2D eigenvalue weighted by atomic mass is 9.93. The van der Waals surface area contributed by atoms with Gasteiger partial charge < -0.3 is 0 Å². The molecule has 60 valence electrons. The second kappa shape index (κ2) is 2.98. The van der Waals surface area contributed by atoms with Crippen molar-refractivity contribution in [1.82, 2.24) is 4.98 Å². The molecular weight excluding hydrogens is 146 g/mol. The molecule has 1 nitrogen and oxygen atoms in total. The van der Waals surface area contributed by atoms with Crippen LogP contribution in [-0.2, 0) is 12.8 Å². The van der Waals surface area contributed by atoms with E-state index in [1.165, 1.54) is 36.8 Å². The fourth-order valence-corrected chi connectivity index (χ4v) is 1.69. The first-order valence-electron chi connectivity index (χ1n) is 4.34. The number of fused-ring (bicyclic) bond motifs is 1. The Morgan fingerprint density at radius 3 is 2.75 bits per heavy atom. The Morgan fingerprint density at radius 2 is 2.00 bits per heavy atom. The lowest BCUT2D eigenvalue weighted by molar-refractivity contribution is 0.681. The van der Waals surface area contributed by atoms with Gasteiger partial charge >= 0.3 is 0 Å². The van der Waals surface area contributed by atoms with E-state index in [1.807, 2.05) is 6.20 Å². The summed E-state index contributed by atoms with van der Waals surface area (Å²) in [5, 5.41) is 0. The van der Waals surface area contributed by atoms with Gasteiger partial charge in [0, 0.05) is 6.20 Å². The van der Waals surface area contributed by atoms with Gasteiger partial charge in [-0.1, -0.05) is 5.92 Å². The van der Waals surface area contributed by atoms with Crippen LogP contribution in [0.1, 0.15) is 29.7 Å². The third kappa shape index (κ3) is 1.21. The highest BCUT2D eigenvalue weighted by atomic mass is 14.7. The molecular formula is C11H11N. The molecule has 12 heavy (non-hydrogen) atoms. The SMILES string of the molecule is C#Cc1cc2c(cn1)CCCC2. The molecule has 0 bridgehead atoms. The molecule has 1 aliphatic rings. The summed E-state index contributed by atoms with van der Waals surface area (Å²) < 4.78 is 0. The number of nitrogens with zero attached hydrogens (tertiary/aromatic N) is 1. The van der Waals surface area contributed by atoms with E-state index in [4.69, 9.17) is 6.42 Å². The summed E-state index contributed by atoms with van der Waals surface area (Å²) in [5.41, 5.74) is 3.57. The zero-order valence-corrected chi connectivity index (χ0v) is 7.01. The molecule has 2 rings (SSSR count). The second-order valence-corrected chi connectivity index (χ2v) is 3.19. The van der Waals surface area contributed by atoms with E-state index in [9.17, 15) is 0 Å². The Morgan fingerprint density at radius 1 is 1.25 bits per heavy atom. The minimum atomic E-state index is 0.774. The molecule has 0 fully saturated rings. The van der Waals surface area contributed by atoms with Crippen molar-refractivity contribution in [3.63, 3.8) is 0 Å². The van der Waals surface area contributed by atoms with Crippen molar-refractivity contribution >= 4 is 0 Å². The third-order valence-corrected chi connectivity index (χ3v) is 2.37. The van der Waals surface area contributed by atoms with Gasteiger partial charge in [-0.25, -0.2) is 4.98 Å². The van der Waals surface area contributed by atoms with Gasteiger partial charge in [0.05, 0.1) is 0 Å². The van der Waals surface area contributed by atoms with E-state index in [2.05, 4.69) is 17.0 Å². The van der Waals surface area contributed by atoms with E-state index in [0.717, 1.165) is 5.69 Å². The number of hydrogen-bond acceptors (Lipinski definition) is 1. The van der Waals surface area contributed by atoms with Crippen molar-refractivity contribution < 1.29 is 0 Å². The average molecular weight is 157 g/mol. The molecule has 0 saturated carbocycles. The first-order chi connectivity index (χ1) is 5.90. The molecule has 0 amide bonds. The second-order valence-electron chi connectivity index (χ2n) is 3.19. The Bertz CT molecular complexity index is 333. The predicted molar refractivity (Wildman–Crippen MR) is 48.8 cm³/mol. The van der Waals surface area contributed by atoms with E-state index < -0.39 is 0 Å². The molecule has 0 spiro atoms. The molecule has 1 aliphatic carbocycles. The molecule has 0 N–H and O–H groups in total. The number of pyridine rings is 1. The predicted octanol–water partition coefficient (Wildman–Crippen LogP) is 1.94. The standard InChI is InChI=1S/C11H11N/c1-2-11-7-9-5-3-4-6-10(9)8-12-11/h1,7-8H,3-6H2. The highest BCUT2D eigenvalue weighted by molar-refractivity contribution is 5.34. The van der Waals surface area contributed by atoms with Gasteiger partial charge in [0.2, 0.25) is 0 Å². The maximum Gasteiger partial charge on any atom is 0.113 e. The number of aryl methyl sites for hydroxylation is 2. The highest BCUT2D eigenvalue weighted by Gasteiger charge is 2.08. The maximum atomic E-state index is 5.27. The van der Waals surface area contributed by atoms with Gasteiger partial charge in [0.15, 0.2) is 0 Å². The summed E-state index contributed by atoms with van der Waals surface area (Å²) in [4.78, 5) is 4.17. The van der Waals surface area contributed by atoms with Crippen LogP contribution in [0.5, 0.6) is 0 Å². The number of aromatic nitrogens is 1. The van der Waals surface area contributed by atoms with Gasteiger partial charge in [-0.2, -0.15) is 0 Å². The summed E-state index contributed by atoms with van der Waals surface area (Å²) in [6.45, 7) is 0. The number of rotatable bonds is 0. The van der Waals surface area contributed by atoms with Crippen LogP contribution in [0.15, 0.2) is 12.3 Å². The van der Waals surface area contributed by atoms with E-state index in [1.54, 1.807) is 0 Å². The van der Waals surface area contributed by atoms with Crippen molar-refractivity contribution in [2.24, 2.45) is 0 Å². The van der Waals surface area contributed by atoms with E-state index >= 15 is 0 Å². The zero-order valence-electron chi connectivity index (χ0n) is 7.01. The lowest BCUT2D eigenvalue weighted by Crippen LogP contribution is -2.03. The monoisotopic (exact) mass is 157 g/mol. The fourth-order valence-electron chi connectivity index (χ4n) is 1.69. The molecule has 0 aromatic carbocycles. The van der Waals surface area contributed by atoms with Crippen LogP contribution in [0.4, 0.5) is 0 Å². The molecule has 0 radical (unpaired) electrons. The van der Waals surface area contributed by atoms with Crippen LogP contribution < -0.4 is 0 Å². The molecule has 0 atom stereocenters. The summed E-state index contributed by atoms with van der Waals surface area (Å²) in [6, 6.07) is 2.05. The Labute approximate surface area is 72.8 Å². The Balaban J connectivity index is 2.44. The summed E-state index contributed by atoms with van der Waals surface area (Å²) in [6.07, 6.45) is 12.1. The summed E-state index contributed by atoms with van der Waals surface area (Å²) in [5.74, 6) is 2.57. The Hall–Kier alpha value is -1.29. The normalized spacial score (nSPS) is 14.9. The van der Waals surface area contributed by atoms with E-state index in [0.29, 0.717) is 0 Å². The molecule has 1 aromatic heterocycles. The molecule has 1 heteroatoms. The van der Waals surface area contributed by atoms with Gasteiger partial charge in [-0.05, 0) is 42.9 Å². The van der Waals surface area contributed by atoms with Gasteiger partial charge in [-0.15, -0.1) is 6.42 Å². The fraction of sp³-hybridized carbons (Fsp3) is 0.364. The largest absolute Gasteiger partial charge is 0.248 e. The van der Waals surface area contributed by atoms with Gasteiger partial charge in [0.1, 0.15) is 5.69 Å². The molecule has 0 aliphatic heterocycles. The molecule has 0 unspecified atom stereocenters. The van der Waals surface area contributed by atoms with Crippen LogP contribution in [0.25, 0.3) is 0 Å². The van der Waals surface area contributed by atoms with Crippen molar-refractivity contribution in [2.75, 3.05) is 0 Å². The summed E-state index contributed by atoms with van der Waals surface area (Å²) in [7, 11) is 0. The lowest BCUT2D eigenvalue weighted by Gasteiger charge is -2.14. The first kappa shape index (κ1) is 7.36. The average Bonchev–Trinajstić information content (AvgIpc) is 2.17. The van der Waals surface area contributed by atoms with Crippen LogP contribution in [0.3, 0.4) is 0 Å².